The van der Waals surface area contributed by atoms with Crippen LogP contribution >= 0.6 is 23.2 Å². The number of carbonyl (C=O) groups is 1. The normalized spacial score (nSPS) is 17.9. The Kier molecular flexibility index (Phi) is 7.84. The lowest BCUT2D eigenvalue weighted by molar-refractivity contribution is 0.184. The van der Waals surface area contributed by atoms with Crippen LogP contribution in [0.3, 0.4) is 0 Å². The van der Waals surface area contributed by atoms with E-state index in [4.69, 9.17) is 27.9 Å². The van der Waals surface area contributed by atoms with Gasteiger partial charge in [0.05, 0.1) is 22.0 Å². The molecule has 1 aromatic heterocycles. The van der Waals surface area contributed by atoms with E-state index in [2.05, 4.69) is 15.7 Å². The Morgan fingerprint density at radius 2 is 1.92 bits per heavy atom. The Morgan fingerprint density at radius 3 is 2.65 bits per heavy atom. The fourth-order valence-electron chi connectivity index (χ4n) is 5.17. The molecule has 1 amide bonds. The summed E-state index contributed by atoms with van der Waals surface area (Å²) in [5, 5.41) is 12.0. The molecule has 2 heterocycles. The van der Waals surface area contributed by atoms with Crippen molar-refractivity contribution in [1.29, 1.82) is 0 Å². The second-order valence-electron chi connectivity index (χ2n) is 9.69. The lowest BCUT2D eigenvalue weighted by Gasteiger charge is -2.27. The minimum Gasteiger partial charge on any atom is -0.389 e. The number of halogens is 3. The highest BCUT2D eigenvalue weighted by Gasteiger charge is 2.29. The van der Waals surface area contributed by atoms with E-state index in [0.29, 0.717) is 34.7 Å². The maximum atomic E-state index is 13.5. The lowest BCUT2D eigenvalue weighted by Crippen LogP contribution is -2.40. The molecule has 1 saturated carbocycles. The Morgan fingerprint density at radius 1 is 1.16 bits per heavy atom. The minimum atomic E-state index is -0.526. The smallest absolute Gasteiger partial charge is 0.389 e. The summed E-state index contributed by atoms with van der Waals surface area (Å²) >= 11 is 12.7. The Balaban J connectivity index is 1.50. The molecular formula is C28H29Cl2FN4O2. The van der Waals surface area contributed by atoms with Gasteiger partial charge in [-0.25, -0.2) is 13.9 Å². The van der Waals surface area contributed by atoms with Crippen LogP contribution in [0.15, 0.2) is 42.5 Å². The van der Waals surface area contributed by atoms with Crippen LogP contribution in [0.4, 0.5) is 9.18 Å². The largest absolute Gasteiger partial charge is 0.414 e. The predicted molar refractivity (Wildman–Crippen MR) is 145 cm³/mol. The molecule has 1 aliphatic carbocycles. The zero-order valence-corrected chi connectivity index (χ0v) is 22.1. The van der Waals surface area contributed by atoms with Crippen LogP contribution in [0.5, 0.6) is 5.88 Å². The number of fused-ring (bicyclic) bond motifs is 1. The molecule has 0 bridgehead atoms. The van der Waals surface area contributed by atoms with Crippen molar-refractivity contribution in [2.75, 3.05) is 6.54 Å². The fraction of sp³-hybridized carbons (Fsp3) is 0.357. The third-order valence-electron chi connectivity index (χ3n) is 7.11. The molecule has 0 saturated heterocycles. The van der Waals surface area contributed by atoms with Gasteiger partial charge in [0.15, 0.2) is 0 Å². The van der Waals surface area contributed by atoms with Crippen molar-refractivity contribution in [3.63, 3.8) is 0 Å². The number of rotatable bonds is 5. The summed E-state index contributed by atoms with van der Waals surface area (Å²) in [5.74, 6) is 0.367. The number of aromatic nitrogens is 2. The van der Waals surface area contributed by atoms with Crippen molar-refractivity contribution in [2.45, 2.75) is 51.6 Å². The number of hydrogen-bond acceptors (Lipinski definition) is 4. The number of hydrogen-bond donors (Lipinski definition) is 2. The molecule has 2 aliphatic rings. The predicted octanol–water partition coefficient (Wildman–Crippen LogP) is 7.02. The van der Waals surface area contributed by atoms with Crippen molar-refractivity contribution >= 4 is 40.9 Å². The average Bonchev–Trinajstić information content (AvgIpc) is 3.24. The third kappa shape index (κ3) is 5.84. The first kappa shape index (κ1) is 25.8. The van der Waals surface area contributed by atoms with Gasteiger partial charge in [0, 0.05) is 24.2 Å². The van der Waals surface area contributed by atoms with Crippen molar-refractivity contribution in [3.05, 3.63) is 75.1 Å². The number of amides is 1. The first-order chi connectivity index (χ1) is 17.9. The van der Waals surface area contributed by atoms with Crippen LogP contribution in [0, 0.1) is 11.7 Å². The van der Waals surface area contributed by atoms with E-state index >= 15 is 0 Å². The zero-order chi connectivity index (χ0) is 25.9. The topological polar surface area (TPSA) is 68.2 Å². The second kappa shape index (κ2) is 11.3. The number of ether oxygens (including phenoxy) is 1. The maximum absolute atomic E-state index is 13.5. The fourth-order valence-corrected chi connectivity index (χ4v) is 5.66. The molecule has 2 N–H and O–H groups in total. The van der Waals surface area contributed by atoms with Gasteiger partial charge in [-0.15, -0.1) is 5.10 Å². The number of benzene rings is 2. The molecule has 5 rings (SSSR count). The Labute approximate surface area is 225 Å². The first-order valence-corrected chi connectivity index (χ1v) is 13.4. The quantitative estimate of drug-likeness (QED) is 0.363. The van der Waals surface area contributed by atoms with Crippen molar-refractivity contribution < 1.29 is 13.9 Å². The average molecular weight is 543 g/mol. The molecule has 0 unspecified atom stereocenters. The molecule has 6 nitrogen and oxygen atoms in total. The van der Waals surface area contributed by atoms with Crippen molar-refractivity contribution in [1.82, 2.24) is 20.4 Å². The SMILES string of the molecule is C[C@@H](NC(=O)Oc1nn(-c2ccc(Cl)cc2Cl)c2c1CNC/C2=C\c1ccc(F)cc1)C1CCCCC1. The lowest BCUT2D eigenvalue weighted by atomic mass is 9.85. The van der Waals surface area contributed by atoms with Gasteiger partial charge >= 0.3 is 6.09 Å². The molecule has 194 valence electrons. The first-order valence-electron chi connectivity index (χ1n) is 12.6. The second-order valence-corrected chi connectivity index (χ2v) is 10.5. The molecule has 1 atom stereocenters. The van der Waals surface area contributed by atoms with E-state index in [9.17, 15) is 9.18 Å². The van der Waals surface area contributed by atoms with Crippen LogP contribution in [0.2, 0.25) is 10.0 Å². The molecule has 9 heteroatoms. The van der Waals surface area contributed by atoms with Gasteiger partial charge in [-0.1, -0.05) is 54.6 Å². The van der Waals surface area contributed by atoms with Crippen LogP contribution in [0.25, 0.3) is 17.3 Å². The Hall–Kier alpha value is -2.87. The van der Waals surface area contributed by atoms with Crippen LogP contribution < -0.4 is 15.4 Å². The van der Waals surface area contributed by atoms with Crippen molar-refractivity contribution in [3.8, 4) is 11.6 Å². The highest BCUT2D eigenvalue weighted by Crippen LogP contribution is 2.36. The molecule has 3 aromatic rings. The summed E-state index contributed by atoms with van der Waals surface area (Å²) in [6.07, 6.45) is 7.31. The molecule has 0 spiro atoms. The van der Waals surface area contributed by atoms with E-state index in [1.807, 2.05) is 13.0 Å². The molecule has 0 radical (unpaired) electrons. The summed E-state index contributed by atoms with van der Waals surface area (Å²) in [4.78, 5) is 12.9. The summed E-state index contributed by atoms with van der Waals surface area (Å²) in [6, 6.07) is 11.4. The van der Waals surface area contributed by atoms with Gasteiger partial charge in [0.1, 0.15) is 5.82 Å². The Bertz CT molecular complexity index is 1320. The summed E-state index contributed by atoms with van der Waals surface area (Å²) in [5.41, 5.74) is 3.86. The van der Waals surface area contributed by atoms with Gasteiger partial charge in [0.25, 0.3) is 0 Å². The third-order valence-corrected chi connectivity index (χ3v) is 7.65. The highest BCUT2D eigenvalue weighted by molar-refractivity contribution is 6.35. The number of carbonyl (C=O) groups excluding carboxylic acids is 1. The number of nitrogens with zero attached hydrogens (tertiary/aromatic N) is 2. The standard InChI is InChI=1S/C28H29Cl2FN4O2/c1-17(19-5-3-2-4-6-19)33-28(36)37-27-23-16-32-15-20(13-18-7-10-22(31)11-8-18)26(23)35(34-27)25-12-9-21(29)14-24(25)30/h7-14,17,19,32H,2-6,15-16H2,1H3,(H,33,36)/b20-13+/t17-/m1/s1. The van der Waals surface area contributed by atoms with Crippen LogP contribution in [-0.2, 0) is 6.54 Å². The molecule has 1 aliphatic heterocycles. The van der Waals surface area contributed by atoms with E-state index in [-0.39, 0.29) is 17.7 Å². The van der Waals surface area contributed by atoms with Gasteiger partial charge < -0.3 is 15.4 Å². The van der Waals surface area contributed by atoms with Crippen LogP contribution in [0.1, 0.15) is 55.8 Å². The summed E-state index contributed by atoms with van der Waals surface area (Å²) in [6.45, 7) is 3.04. The van der Waals surface area contributed by atoms with Gasteiger partial charge in [-0.3, -0.25) is 0 Å². The molecule has 2 aromatic carbocycles. The van der Waals surface area contributed by atoms with E-state index < -0.39 is 6.09 Å². The monoisotopic (exact) mass is 542 g/mol. The summed E-state index contributed by atoms with van der Waals surface area (Å²) < 4.78 is 21.0. The van der Waals surface area contributed by atoms with E-state index in [1.54, 1.807) is 35.0 Å². The molecule has 1 fully saturated rings. The highest BCUT2D eigenvalue weighted by atomic mass is 35.5. The summed E-state index contributed by atoms with van der Waals surface area (Å²) in [7, 11) is 0. The van der Waals surface area contributed by atoms with Crippen molar-refractivity contribution in [2.24, 2.45) is 5.92 Å². The minimum absolute atomic E-state index is 0.0171. The van der Waals surface area contributed by atoms with Crippen LogP contribution in [-0.4, -0.2) is 28.5 Å². The molecular weight excluding hydrogens is 514 g/mol. The van der Waals surface area contributed by atoms with Gasteiger partial charge in [-0.05, 0) is 73.2 Å². The number of nitrogens with one attached hydrogen (secondary N) is 2. The maximum Gasteiger partial charge on any atom is 0.414 e. The molecule has 37 heavy (non-hydrogen) atoms. The van der Waals surface area contributed by atoms with E-state index in [1.165, 1.54) is 31.4 Å². The van der Waals surface area contributed by atoms with Gasteiger partial charge in [0.2, 0.25) is 5.88 Å². The zero-order valence-electron chi connectivity index (χ0n) is 20.6. The van der Waals surface area contributed by atoms with E-state index in [0.717, 1.165) is 35.2 Å². The van der Waals surface area contributed by atoms with Gasteiger partial charge in [-0.2, -0.15) is 0 Å².